The maximum atomic E-state index is 13.9. The Kier molecular flexibility index (Phi) is 10.9. The van der Waals surface area contributed by atoms with Crippen molar-refractivity contribution in [1.29, 1.82) is 0 Å². The van der Waals surface area contributed by atoms with Crippen molar-refractivity contribution in [3.8, 4) is 28.7 Å². The van der Waals surface area contributed by atoms with Crippen LogP contribution in [0.1, 0.15) is 26.3 Å². The highest BCUT2D eigenvalue weighted by molar-refractivity contribution is 6.14. The number of hydrogen-bond donors (Lipinski definition) is 2. The Labute approximate surface area is 250 Å². The quantitative estimate of drug-likeness (QED) is 0.299. The summed E-state index contributed by atoms with van der Waals surface area (Å²) in [5.41, 5.74) is 5.42. The first kappa shape index (κ1) is 33.3. The molecule has 3 rings (SSSR count). The minimum Gasteiger partial charge on any atom is -0.493 e. The van der Waals surface area contributed by atoms with Gasteiger partial charge in [0.2, 0.25) is 5.75 Å². The lowest BCUT2D eigenvalue weighted by Crippen LogP contribution is -2.39. The van der Waals surface area contributed by atoms with Crippen molar-refractivity contribution < 1.29 is 56.1 Å². The number of alkyl halides is 3. The van der Waals surface area contributed by atoms with E-state index in [0.29, 0.717) is 13.0 Å². The van der Waals surface area contributed by atoms with Crippen molar-refractivity contribution >= 4 is 29.2 Å². The van der Waals surface area contributed by atoms with Crippen LogP contribution >= 0.6 is 0 Å². The normalized spacial score (nSPS) is 10.8. The first-order valence-electron chi connectivity index (χ1n) is 12.7. The molecule has 0 radical (unpaired) electrons. The van der Waals surface area contributed by atoms with E-state index in [1.807, 2.05) is 0 Å². The third-order valence-corrected chi connectivity index (χ3v) is 6.12. The Morgan fingerprint density at radius 2 is 1.34 bits per heavy atom. The van der Waals surface area contributed by atoms with Crippen LogP contribution in [-0.4, -0.2) is 66.1 Å². The average Bonchev–Trinajstić information content (AvgIpc) is 3.02. The van der Waals surface area contributed by atoms with Crippen molar-refractivity contribution in [2.24, 2.45) is 5.73 Å². The van der Waals surface area contributed by atoms with Gasteiger partial charge in [0, 0.05) is 11.6 Å². The van der Waals surface area contributed by atoms with Crippen molar-refractivity contribution in [2.45, 2.75) is 12.6 Å². The molecule has 0 aromatic heterocycles. The van der Waals surface area contributed by atoms with Gasteiger partial charge in [-0.3, -0.25) is 9.59 Å². The number of carbonyl (C=O) groups excluding carboxylic acids is 3. The standard InChI is InChI=1S/C29H30F3N3O9/c1-39-21-14-19(27(37)35(44-28(38)29(30,31)32)18-8-6-16(7-9-18)10-11-33)20(15-22(21)40-2)34-26(36)17-12-23(41-3)25(43-5)24(13-17)42-4/h6-9,12-15H,10-11,33H2,1-5H3,(H,34,36). The SMILES string of the molecule is COc1cc(NC(=O)c2cc(OC)c(OC)c(OC)c2)c(C(=O)N(OC(=O)C(F)(F)F)c2ccc(CCN)cc2)cc1OC. The number of benzene rings is 3. The van der Waals surface area contributed by atoms with Crippen molar-refractivity contribution in [1.82, 2.24) is 0 Å². The van der Waals surface area contributed by atoms with Gasteiger partial charge in [-0.2, -0.15) is 13.2 Å². The van der Waals surface area contributed by atoms with Gasteiger partial charge in [-0.25, -0.2) is 4.79 Å². The van der Waals surface area contributed by atoms with Crippen LogP contribution in [0, 0.1) is 0 Å². The van der Waals surface area contributed by atoms with Crippen LogP contribution in [0.15, 0.2) is 48.5 Å². The van der Waals surface area contributed by atoms with E-state index in [2.05, 4.69) is 10.2 Å². The molecule has 0 unspecified atom stereocenters. The summed E-state index contributed by atoms with van der Waals surface area (Å²) >= 11 is 0. The number of nitrogens with one attached hydrogen (secondary N) is 1. The smallest absolute Gasteiger partial charge is 0.493 e. The molecule has 3 N–H and O–H groups in total. The molecule has 0 bridgehead atoms. The predicted molar refractivity (Wildman–Crippen MR) is 152 cm³/mol. The molecule has 236 valence electrons. The van der Waals surface area contributed by atoms with Gasteiger partial charge in [0.25, 0.3) is 11.8 Å². The van der Waals surface area contributed by atoms with Crippen molar-refractivity contribution in [2.75, 3.05) is 52.5 Å². The van der Waals surface area contributed by atoms with Crippen LogP contribution in [0.2, 0.25) is 0 Å². The largest absolute Gasteiger partial charge is 0.493 e. The lowest BCUT2D eigenvalue weighted by atomic mass is 10.1. The Morgan fingerprint density at radius 1 is 0.795 bits per heavy atom. The molecule has 0 aliphatic carbocycles. The minimum atomic E-state index is -5.43. The van der Waals surface area contributed by atoms with Crippen LogP contribution in [0.4, 0.5) is 24.5 Å². The molecule has 3 aromatic rings. The van der Waals surface area contributed by atoms with Gasteiger partial charge >= 0.3 is 12.1 Å². The number of anilines is 2. The number of carbonyl (C=O) groups is 3. The predicted octanol–water partition coefficient (Wildman–Crippen LogP) is 4.15. The number of methoxy groups -OCH3 is 5. The molecule has 44 heavy (non-hydrogen) atoms. The molecular formula is C29H30F3N3O9. The summed E-state index contributed by atoms with van der Waals surface area (Å²) in [5, 5.41) is 2.70. The van der Waals surface area contributed by atoms with Crippen molar-refractivity contribution in [3.05, 3.63) is 65.2 Å². The second-order valence-electron chi connectivity index (χ2n) is 8.80. The molecule has 0 atom stereocenters. The first-order valence-corrected chi connectivity index (χ1v) is 12.7. The topological polar surface area (TPSA) is 148 Å². The average molecular weight is 622 g/mol. The van der Waals surface area contributed by atoms with E-state index in [1.165, 1.54) is 78.0 Å². The van der Waals surface area contributed by atoms with Crippen molar-refractivity contribution in [3.63, 3.8) is 0 Å². The Morgan fingerprint density at radius 3 is 1.82 bits per heavy atom. The van der Waals surface area contributed by atoms with E-state index in [1.54, 1.807) is 0 Å². The van der Waals surface area contributed by atoms with Crippen LogP contribution < -0.4 is 39.8 Å². The van der Waals surface area contributed by atoms with E-state index in [4.69, 9.17) is 29.4 Å². The number of hydroxylamine groups is 1. The van der Waals surface area contributed by atoms with Gasteiger partial charge < -0.3 is 39.6 Å². The highest BCUT2D eigenvalue weighted by Gasteiger charge is 2.44. The summed E-state index contributed by atoms with van der Waals surface area (Å²) in [5.74, 6) is -4.11. The fourth-order valence-corrected chi connectivity index (χ4v) is 3.99. The third kappa shape index (κ3) is 7.42. The number of nitrogens with zero attached hydrogens (tertiary/aromatic N) is 1. The van der Waals surface area contributed by atoms with Gasteiger partial charge in [0.05, 0.1) is 52.5 Å². The van der Waals surface area contributed by atoms with E-state index in [0.717, 1.165) is 11.6 Å². The number of ether oxygens (including phenoxy) is 5. The number of hydrogen-bond acceptors (Lipinski definition) is 10. The second kappa shape index (κ2) is 14.3. The third-order valence-electron chi connectivity index (χ3n) is 6.12. The second-order valence-corrected chi connectivity index (χ2v) is 8.80. The highest BCUT2D eigenvalue weighted by atomic mass is 19.4. The van der Waals surface area contributed by atoms with E-state index in [-0.39, 0.29) is 50.7 Å². The first-order chi connectivity index (χ1) is 20.9. The van der Waals surface area contributed by atoms with E-state index < -0.39 is 29.5 Å². The molecule has 0 heterocycles. The molecule has 0 saturated heterocycles. The lowest BCUT2D eigenvalue weighted by Gasteiger charge is -2.24. The summed E-state index contributed by atoms with van der Waals surface area (Å²) in [6.07, 6.45) is -4.98. The molecule has 0 saturated carbocycles. The van der Waals surface area contributed by atoms with E-state index in [9.17, 15) is 27.6 Å². The van der Waals surface area contributed by atoms with Crippen LogP contribution in [0.5, 0.6) is 28.7 Å². The van der Waals surface area contributed by atoms with Gasteiger partial charge in [-0.15, -0.1) is 5.06 Å². The summed E-state index contributed by atoms with van der Waals surface area (Å²) < 4.78 is 66.1. The minimum absolute atomic E-state index is 0.00327. The Bertz CT molecular complexity index is 1490. The summed E-state index contributed by atoms with van der Waals surface area (Å²) in [6.45, 7) is 0.297. The maximum Gasteiger partial charge on any atom is 0.493 e. The fraction of sp³-hybridized carbons (Fsp3) is 0.276. The molecule has 0 aliphatic rings. The Balaban J connectivity index is 2.15. The van der Waals surface area contributed by atoms with Gasteiger partial charge in [0.15, 0.2) is 23.0 Å². The summed E-state index contributed by atoms with van der Waals surface area (Å²) in [4.78, 5) is 43.7. The Hall–Kier alpha value is -5.18. The zero-order chi connectivity index (χ0) is 32.6. The lowest BCUT2D eigenvalue weighted by molar-refractivity contribution is -0.199. The highest BCUT2D eigenvalue weighted by Crippen LogP contribution is 2.39. The van der Waals surface area contributed by atoms with Gasteiger partial charge in [-0.1, -0.05) is 12.1 Å². The van der Waals surface area contributed by atoms with E-state index >= 15 is 0 Å². The van der Waals surface area contributed by atoms with Crippen LogP contribution in [0.25, 0.3) is 0 Å². The van der Waals surface area contributed by atoms with Gasteiger partial charge in [0.1, 0.15) is 0 Å². The van der Waals surface area contributed by atoms with Crippen LogP contribution in [-0.2, 0) is 16.1 Å². The molecule has 0 fully saturated rings. The maximum absolute atomic E-state index is 13.9. The molecule has 0 spiro atoms. The molecule has 0 aliphatic heterocycles. The summed E-state index contributed by atoms with van der Waals surface area (Å²) in [7, 11) is 6.64. The zero-order valence-electron chi connectivity index (χ0n) is 24.4. The molecule has 15 heteroatoms. The molecule has 2 amide bonds. The zero-order valence-corrected chi connectivity index (χ0v) is 24.4. The van der Waals surface area contributed by atoms with Crippen LogP contribution in [0.3, 0.4) is 0 Å². The van der Waals surface area contributed by atoms with Gasteiger partial charge in [-0.05, 0) is 48.9 Å². The molecule has 3 aromatic carbocycles. The number of halogens is 3. The molecular weight excluding hydrogens is 591 g/mol. The number of rotatable bonds is 11. The number of amides is 2. The fourth-order valence-electron chi connectivity index (χ4n) is 3.99. The number of nitrogens with two attached hydrogens (primary N) is 1. The molecule has 12 nitrogen and oxygen atoms in total. The summed E-state index contributed by atoms with van der Waals surface area (Å²) in [6, 6.07) is 10.6. The monoisotopic (exact) mass is 621 g/mol.